The number of aromatic nitrogens is 6. The zero-order chi connectivity index (χ0) is 21.8. The van der Waals surface area contributed by atoms with Gasteiger partial charge in [0.1, 0.15) is 11.2 Å². The van der Waals surface area contributed by atoms with Crippen LogP contribution < -0.4 is 5.32 Å². The van der Waals surface area contributed by atoms with Gasteiger partial charge in [0.15, 0.2) is 10.8 Å². The van der Waals surface area contributed by atoms with Gasteiger partial charge < -0.3 is 5.32 Å². The third-order valence-electron chi connectivity index (χ3n) is 6.02. The number of carbonyl (C=O) groups excluding carboxylic acids is 1. The van der Waals surface area contributed by atoms with E-state index in [-0.39, 0.29) is 11.7 Å². The summed E-state index contributed by atoms with van der Waals surface area (Å²) in [5.74, 6) is 1.45. The molecule has 0 radical (unpaired) electrons. The minimum Gasteiger partial charge on any atom is -0.325 e. The van der Waals surface area contributed by atoms with E-state index < -0.39 is 0 Å². The Kier molecular flexibility index (Phi) is 4.65. The Morgan fingerprint density at radius 3 is 3.06 bits per heavy atom. The van der Waals surface area contributed by atoms with Gasteiger partial charge in [-0.3, -0.25) is 4.79 Å². The highest BCUT2D eigenvalue weighted by Gasteiger charge is 2.26. The molecule has 0 saturated heterocycles. The Morgan fingerprint density at radius 2 is 2.19 bits per heavy atom. The fourth-order valence-electron chi connectivity index (χ4n) is 4.39. The molecule has 1 aliphatic carbocycles. The van der Waals surface area contributed by atoms with Crippen molar-refractivity contribution < 1.29 is 4.79 Å². The summed E-state index contributed by atoms with van der Waals surface area (Å²) in [5, 5.41) is 18.0. The zero-order valence-corrected chi connectivity index (χ0v) is 19.3. The summed E-state index contributed by atoms with van der Waals surface area (Å²) in [5.41, 5.74) is 4.08. The minimum absolute atomic E-state index is 0.0709. The summed E-state index contributed by atoms with van der Waals surface area (Å²) < 4.78 is 3.80. The van der Waals surface area contributed by atoms with Crippen LogP contribution >= 0.6 is 23.1 Å². The number of hydrogen-bond donors (Lipinski definition) is 1. The van der Waals surface area contributed by atoms with Gasteiger partial charge in [-0.2, -0.15) is 9.61 Å². The van der Waals surface area contributed by atoms with Gasteiger partial charge in [0, 0.05) is 10.6 Å². The number of nitrogens with zero attached hydrogens (tertiary/aromatic N) is 6. The quantitative estimate of drug-likeness (QED) is 0.403. The molecule has 4 aromatic heterocycles. The molecule has 0 saturated carbocycles. The minimum atomic E-state index is -0.0709. The molecule has 10 heteroatoms. The lowest BCUT2D eigenvalue weighted by atomic mass is 9.89. The Balaban J connectivity index is 1.40. The molecule has 8 nitrogen and oxygen atoms in total. The molecule has 1 aliphatic rings. The number of para-hydroxylation sites is 1. The molecule has 5 aromatic rings. The number of fused-ring (bicyclic) bond motifs is 8. The van der Waals surface area contributed by atoms with Gasteiger partial charge >= 0.3 is 0 Å². The van der Waals surface area contributed by atoms with E-state index in [1.165, 1.54) is 28.6 Å². The molecular formula is C22H21N7OS2. The van der Waals surface area contributed by atoms with Crippen molar-refractivity contribution in [2.24, 2.45) is 5.92 Å². The average molecular weight is 464 g/mol. The SMILES string of the molecule is Cc1ccccc1NC(=O)CSc1nnc2n3ncnc3c3c4c(sc3n12)CCC(C)C4. The second-order valence-electron chi connectivity index (χ2n) is 8.30. The summed E-state index contributed by atoms with van der Waals surface area (Å²) in [7, 11) is 0. The lowest BCUT2D eigenvalue weighted by Gasteiger charge is -2.17. The molecule has 0 fully saturated rings. The van der Waals surface area contributed by atoms with Crippen LogP contribution in [0, 0.1) is 12.8 Å². The normalized spacial score (nSPS) is 16.1. The second-order valence-corrected chi connectivity index (χ2v) is 10.3. The van der Waals surface area contributed by atoms with Crippen LogP contribution in [0.1, 0.15) is 29.3 Å². The predicted octanol–water partition coefficient (Wildman–Crippen LogP) is 4.15. The van der Waals surface area contributed by atoms with Crippen LogP contribution in [0.2, 0.25) is 0 Å². The maximum Gasteiger partial charge on any atom is 0.260 e. The number of thioether (sulfide) groups is 1. The maximum atomic E-state index is 12.6. The first-order valence-electron chi connectivity index (χ1n) is 10.6. The van der Waals surface area contributed by atoms with Crippen LogP contribution in [0.15, 0.2) is 35.7 Å². The predicted molar refractivity (Wildman–Crippen MR) is 127 cm³/mol. The van der Waals surface area contributed by atoms with E-state index in [9.17, 15) is 4.79 Å². The molecule has 1 aromatic carbocycles. The highest BCUT2D eigenvalue weighted by Crippen LogP contribution is 2.40. The van der Waals surface area contributed by atoms with Crippen molar-refractivity contribution in [3.05, 3.63) is 46.6 Å². The highest BCUT2D eigenvalue weighted by molar-refractivity contribution is 7.99. The number of aryl methyl sites for hydroxylation is 2. The van der Waals surface area contributed by atoms with E-state index in [1.54, 1.807) is 22.2 Å². The Morgan fingerprint density at radius 1 is 1.31 bits per heavy atom. The highest BCUT2D eigenvalue weighted by atomic mass is 32.2. The van der Waals surface area contributed by atoms with Crippen molar-refractivity contribution in [3.63, 3.8) is 0 Å². The number of thiophene rings is 1. The maximum absolute atomic E-state index is 12.6. The van der Waals surface area contributed by atoms with E-state index in [0.717, 1.165) is 40.0 Å². The van der Waals surface area contributed by atoms with Gasteiger partial charge in [-0.05, 0) is 49.3 Å². The number of hydrogen-bond acceptors (Lipinski definition) is 7. The monoisotopic (exact) mass is 463 g/mol. The van der Waals surface area contributed by atoms with Gasteiger partial charge in [0.05, 0.1) is 11.1 Å². The number of carbonyl (C=O) groups is 1. The molecule has 1 N–H and O–H groups in total. The van der Waals surface area contributed by atoms with Crippen LogP contribution in [0.3, 0.4) is 0 Å². The molecule has 1 unspecified atom stereocenters. The van der Waals surface area contributed by atoms with Crippen molar-refractivity contribution >= 4 is 56.3 Å². The van der Waals surface area contributed by atoms with E-state index in [1.807, 2.05) is 35.6 Å². The van der Waals surface area contributed by atoms with Crippen molar-refractivity contribution in [3.8, 4) is 0 Å². The third kappa shape index (κ3) is 3.08. The molecule has 1 atom stereocenters. The van der Waals surface area contributed by atoms with Gasteiger partial charge in [-0.15, -0.1) is 21.5 Å². The van der Waals surface area contributed by atoms with Gasteiger partial charge in [0.25, 0.3) is 5.78 Å². The van der Waals surface area contributed by atoms with Crippen LogP contribution in [0.4, 0.5) is 5.69 Å². The largest absolute Gasteiger partial charge is 0.325 e. The third-order valence-corrected chi connectivity index (χ3v) is 8.23. The number of nitrogens with one attached hydrogen (secondary N) is 1. The number of rotatable bonds is 4. The fourth-order valence-corrected chi connectivity index (χ4v) is 6.52. The standard InChI is InChI=1S/C22H21N7OS2/c1-12-7-8-16-14(9-12)18-19-23-11-24-29(19)21-26-27-22(28(21)20(18)32-16)31-10-17(30)25-15-6-4-3-5-13(15)2/h3-6,11-12H,7-10H2,1-2H3,(H,25,30). The Hall–Kier alpha value is -2.98. The first-order chi connectivity index (χ1) is 15.6. The first-order valence-corrected chi connectivity index (χ1v) is 12.4. The number of amides is 1. The molecule has 0 aliphatic heterocycles. The van der Waals surface area contributed by atoms with E-state index in [2.05, 4.69) is 32.5 Å². The lowest BCUT2D eigenvalue weighted by molar-refractivity contribution is -0.113. The summed E-state index contributed by atoms with van der Waals surface area (Å²) >= 11 is 3.18. The molecule has 0 bridgehead atoms. The molecule has 162 valence electrons. The summed E-state index contributed by atoms with van der Waals surface area (Å²) in [6.07, 6.45) is 4.91. The Labute approximate surface area is 192 Å². The van der Waals surface area contributed by atoms with E-state index in [4.69, 9.17) is 0 Å². The van der Waals surface area contributed by atoms with Crippen molar-refractivity contribution in [1.29, 1.82) is 0 Å². The van der Waals surface area contributed by atoms with Gasteiger partial charge in [-0.25, -0.2) is 9.38 Å². The second kappa shape index (κ2) is 7.56. The molecule has 4 heterocycles. The van der Waals surface area contributed by atoms with Gasteiger partial charge in [0.2, 0.25) is 5.91 Å². The van der Waals surface area contributed by atoms with Crippen molar-refractivity contribution in [1.82, 2.24) is 29.2 Å². The number of anilines is 1. The molecule has 32 heavy (non-hydrogen) atoms. The van der Waals surface area contributed by atoms with Crippen LogP contribution in [0.5, 0.6) is 0 Å². The van der Waals surface area contributed by atoms with Crippen molar-refractivity contribution in [2.45, 2.75) is 38.3 Å². The molecule has 1 amide bonds. The molecule has 6 rings (SSSR count). The van der Waals surface area contributed by atoms with Crippen LogP contribution in [-0.4, -0.2) is 40.9 Å². The summed E-state index contributed by atoms with van der Waals surface area (Å²) in [6.45, 7) is 4.29. The fraction of sp³-hybridized carbons (Fsp3) is 0.318. The Bertz CT molecular complexity index is 1500. The lowest BCUT2D eigenvalue weighted by Crippen LogP contribution is -2.15. The van der Waals surface area contributed by atoms with Crippen LogP contribution in [0.25, 0.3) is 21.6 Å². The molecule has 0 spiro atoms. The zero-order valence-electron chi connectivity index (χ0n) is 17.7. The van der Waals surface area contributed by atoms with Crippen LogP contribution in [-0.2, 0) is 17.6 Å². The van der Waals surface area contributed by atoms with Gasteiger partial charge in [-0.1, -0.05) is 36.9 Å². The number of benzene rings is 1. The average Bonchev–Trinajstić information content (AvgIpc) is 3.49. The van der Waals surface area contributed by atoms with Crippen molar-refractivity contribution in [2.75, 3.05) is 11.1 Å². The smallest absolute Gasteiger partial charge is 0.260 e. The summed E-state index contributed by atoms with van der Waals surface area (Å²) in [4.78, 5) is 19.7. The topological polar surface area (TPSA) is 89.5 Å². The molecular weight excluding hydrogens is 442 g/mol. The van der Waals surface area contributed by atoms with E-state index in [0.29, 0.717) is 16.9 Å². The first kappa shape index (κ1) is 19.7. The summed E-state index contributed by atoms with van der Waals surface area (Å²) in [6, 6.07) is 7.77. The van der Waals surface area contributed by atoms with E-state index >= 15 is 0 Å².